The average Bonchev–Trinajstić information content (AvgIpc) is 3.12. The van der Waals surface area contributed by atoms with Crippen molar-refractivity contribution in [1.29, 1.82) is 0 Å². The van der Waals surface area contributed by atoms with Gasteiger partial charge in [-0.2, -0.15) is 0 Å². The Labute approximate surface area is 320 Å². The van der Waals surface area contributed by atoms with Gasteiger partial charge in [0.15, 0.2) is 6.79 Å². The van der Waals surface area contributed by atoms with Gasteiger partial charge in [0.25, 0.3) is 0 Å². The number of phenols is 2. The lowest BCUT2D eigenvalue weighted by molar-refractivity contribution is -0.0126. The second-order valence-corrected chi connectivity index (χ2v) is 13.5. The van der Waals surface area contributed by atoms with Crippen molar-refractivity contribution in [3.8, 4) is 34.5 Å². The number of carbonyl (C=O) groups is 4. The van der Waals surface area contributed by atoms with Gasteiger partial charge in [0.1, 0.15) is 45.6 Å². The molecule has 0 saturated carbocycles. The smallest absolute Gasteiger partial charge is 0.347 e. The van der Waals surface area contributed by atoms with Crippen molar-refractivity contribution in [2.24, 2.45) is 0 Å². The molecule has 4 rings (SSSR count). The van der Waals surface area contributed by atoms with Crippen molar-refractivity contribution in [3.63, 3.8) is 0 Å². The minimum absolute atomic E-state index is 0.0344. The number of hydrogen-bond donors (Lipinski definition) is 2. The monoisotopic (exact) mass is 756 g/mol. The van der Waals surface area contributed by atoms with Crippen LogP contribution < -0.4 is 18.9 Å². The zero-order valence-corrected chi connectivity index (χ0v) is 33.6. The molecule has 0 aliphatic heterocycles. The van der Waals surface area contributed by atoms with Crippen molar-refractivity contribution in [1.82, 2.24) is 0 Å². The zero-order chi connectivity index (χ0) is 41.2. The molecule has 0 atom stereocenters. The summed E-state index contributed by atoms with van der Waals surface area (Å²) >= 11 is 0. The second-order valence-electron chi connectivity index (χ2n) is 13.5. The fourth-order valence-electron chi connectivity index (χ4n) is 6.81. The molecule has 0 heterocycles. The van der Waals surface area contributed by atoms with E-state index in [-0.39, 0.29) is 57.8 Å². The molecule has 0 bridgehead atoms. The Balaban J connectivity index is 1.66. The van der Waals surface area contributed by atoms with Crippen molar-refractivity contribution < 1.29 is 57.8 Å². The molecule has 12 nitrogen and oxygen atoms in total. The minimum Gasteiger partial charge on any atom is -0.508 e. The van der Waals surface area contributed by atoms with Crippen LogP contribution in [0.1, 0.15) is 110 Å². The molecule has 0 aliphatic rings. The van der Waals surface area contributed by atoms with Gasteiger partial charge in [-0.25, -0.2) is 19.2 Å². The average molecular weight is 757 g/mol. The van der Waals surface area contributed by atoms with Crippen LogP contribution in [0.15, 0.2) is 18.2 Å². The van der Waals surface area contributed by atoms with Gasteiger partial charge in [-0.05, 0) is 143 Å². The lowest BCUT2D eigenvalue weighted by Gasteiger charge is -2.22. The highest BCUT2D eigenvalue weighted by Gasteiger charge is 2.30. The molecule has 0 aliphatic carbocycles. The van der Waals surface area contributed by atoms with Crippen LogP contribution in [0.25, 0.3) is 0 Å². The predicted octanol–water partition coefficient (Wildman–Crippen LogP) is 8.17. The highest BCUT2D eigenvalue weighted by atomic mass is 16.7. The van der Waals surface area contributed by atoms with E-state index >= 15 is 0 Å². The standard InChI is InChI=1S/C43H48O12/c1-14-30-27(10)36(40(46)52-18-50-12)23(6)26(9)39(30)55-42(48)34-20(3)16-31(28(11)37(34)45)53-43(49)35-21(4)24(7)38(25(8)22(35)5)54-41(47)33-19(2)15-29(44)17-32(33)51-13/h15-17,44-45H,14,18H2,1-13H3. The fraction of sp³-hybridized carbons (Fsp3) is 0.349. The van der Waals surface area contributed by atoms with Crippen LogP contribution in [-0.4, -0.2) is 55.1 Å². The van der Waals surface area contributed by atoms with Crippen molar-refractivity contribution in [2.75, 3.05) is 21.0 Å². The first-order chi connectivity index (χ1) is 25.8. The summed E-state index contributed by atoms with van der Waals surface area (Å²) in [5.41, 5.74) is 5.99. The number of rotatable bonds is 11. The first kappa shape index (κ1) is 41.9. The number of aromatic hydroxyl groups is 2. The Hall–Kier alpha value is -5.88. The van der Waals surface area contributed by atoms with E-state index < -0.39 is 29.6 Å². The number of esters is 4. The third kappa shape index (κ3) is 7.86. The maximum absolute atomic E-state index is 13.8. The van der Waals surface area contributed by atoms with Gasteiger partial charge in [0.05, 0.1) is 18.2 Å². The topological polar surface area (TPSA) is 164 Å². The predicted molar refractivity (Wildman–Crippen MR) is 205 cm³/mol. The Bertz CT molecular complexity index is 2220. The molecule has 55 heavy (non-hydrogen) atoms. The molecule has 0 radical (unpaired) electrons. The lowest BCUT2D eigenvalue weighted by Crippen LogP contribution is -2.19. The number of phenolic OH excluding ortho intramolecular Hbond substituents is 2. The summed E-state index contributed by atoms with van der Waals surface area (Å²) in [6.45, 7) is 18.5. The molecule has 0 saturated heterocycles. The van der Waals surface area contributed by atoms with Crippen LogP contribution >= 0.6 is 0 Å². The van der Waals surface area contributed by atoms with Crippen LogP contribution in [0.2, 0.25) is 0 Å². The SMILES string of the molecule is CCc1c(C)c(C(=O)OCOC)c(C)c(C)c1OC(=O)c1c(C)cc(OC(=O)c2c(C)c(C)c(OC(=O)c3c(C)cc(O)cc3OC)c(C)c2C)c(C)c1O. The van der Waals surface area contributed by atoms with E-state index in [4.69, 9.17) is 28.4 Å². The van der Waals surface area contributed by atoms with Gasteiger partial charge >= 0.3 is 23.9 Å². The molecule has 12 heteroatoms. The zero-order valence-electron chi connectivity index (χ0n) is 33.6. The summed E-state index contributed by atoms with van der Waals surface area (Å²) in [5.74, 6) is -2.53. The normalized spacial score (nSPS) is 10.9. The summed E-state index contributed by atoms with van der Waals surface area (Å²) in [7, 11) is 2.80. The number of ether oxygens (including phenoxy) is 6. The van der Waals surface area contributed by atoms with E-state index in [1.165, 1.54) is 39.3 Å². The molecule has 0 amide bonds. The minimum atomic E-state index is -0.828. The molecule has 0 unspecified atom stereocenters. The summed E-state index contributed by atoms with van der Waals surface area (Å²) in [6.07, 6.45) is 0.438. The van der Waals surface area contributed by atoms with E-state index in [1.807, 2.05) is 6.92 Å². The van der Waals surface area contributed by atoms with Crippen LogP contribution in [0.3, 0.4) is 0 Å². The maximum atomic E-state index is 13.8. The van der Waals surface area contributed by atoms with Crippen molar-refractivity contribution in [3.05, 3.63) is 102 Å². The molecule has 292 valence electrons. The number of methoxy groups -OCH3 is 2. The Morgan fingerprint density at radius 3 is 1.56 bits per heavy atom. The second kappa shape index (κ2) is 16.6. The summed E-state index contributed by atoms with van der Waals surface area (Å²) in [6, 6.07) is 4.24. The first-order valence-electron chi connectivity index (χ1n) is 17.6. The van der Waals surface area contributed by atoms with E-state index in [1.54, 1.807) is 62.3 Å². The van der Waals surface area contributed by atoms with Gasteiger partial charge in [0, 0.05) is 18.7 Å². The molecule has 2 N–H and O–H groups in total. The molecule has 0 aromatic heterocycles. The van der Waals surface area contributed by atoms with Crippen LogP contribution in [-0.2, 0) is 15.9 Å². The van der Waals surface area contributed by atoms with E-state index in [0.717, 1.165) is 0 Å². The summed E-state index contributed by atoms with van der Waals surface area (Å²) in [4.78, 5) is 53.8. The van der Waals surface area contributed by atoms with Gasteiger partial charge < -0.3 is 38.6 Å². The highest BCUT2D eigenvalue weighted by molar-refractivity contribution is 6.00. The maximum Gasteiger partial charge on any atom is 0.347 e. The van der Waals surface area contributed by atoms with Gasteiger partial charge in [-0.15, -0.1) is 0 Å². The van der Waals surface area contributed by atoms with Gasteiger partial charge in [0.2, 0.25) is 0 Å². The van der Waals surface area contributed by atoms with Crippen LogP contribution in [0, 0.1) is 69.2 Å². The molecule has 4 aromatic rings. The Morgan fingerprint density at radius 1 is 0.527 bits per heavy atom. The van der Waals surface area contributed by atoms with Gasteiger partial charge in [-0.3, -0.25) is 0 Å². The van der Waals surface area contributed by atoms with Crippen molar-refractivity contribution >= 4 is 23.9 Å². The fourth-order valence-corrected chi connectivity index (χ4v) is 6.81. The largest absolute Gasteiger partial charge is 0.508 e. The third-order valence-electron chi connectivity index (χ3n) is 10.2. The Kier molecular flexibility index (Phi) is 12.7. The first-order valence-corrected chi connectivity index (χ1v) is 17.6. The van der Waals surface area contributed by atoms with Crippen molar-refractivity contribution in [2.45, 2.75) is 82.6 Å². The quantitative estimate of drug-likeness (QED) is 0.0858. The summed E-state index contributed by atoms with van der Waals surface area (Å²) in [5, 5.41) is 21.3. The molecule has 4 aromatic carbocycles. The number of hydrogen-bond acceptors (Lipinski definition) is 12. The molecule has 0 fully saturated rings. The number of aryl methyl sites for hydroxylation is 2. The number of carbonyl (C=O) groups excluding carboxylic acids is 4. The van der Waals surface area contributed by atoms with Crippen LogP contribution in [0.5, 0.6) is 34.5 Å². The van der Waals surface area contributed by atoms with Gasteiger partial charge in [-0.1, -0.05) is 6.92 Å². The lowest BCUT2D eigenvalue weighted by atomic mass is 9.91. The third-order valence-corrected chi connectivity index (χ3v) is 10.2. The molecule has 0 spiro atoms. The molecular formula is C43H48O12. The summed E-state index contributed by atoms with van der Waals surface area (Å²) < 4.78 is 33.1. The number of benzene rings is 4. The Morgan fingerprint density at radius 2 is 1.02 bits per heavy atom. The van der Waals surface area contributed by atoms with E-state index in [2.05, 4.69) is 0 Å². The van der Waals surface area contributed by atoms with E-state index in [9.17, 15) is 29.4 Å². The van der Waals surface area contributed by atoms with Crippen LogP contribution in [0.4, 0.5) is 0 Å². The van der Waals surface area contributed by atoms with E-state index in [0.29, 0.717) is 67.6 Å². The highest BCUT2D eigenvalue weighted by Crippen LogP contribution is 2.40. The molecular weight excluding hydrogens is 708 g/mol.